The molecule has 3 heterocycles. The fraction of sp³-hybridized carbons (Fsp3) is 0.476. The van der Waals surface area contributed by atoms with Crippen LogP contribution in [0.2, 0.25) is 0 Å². The van der Waals surface area contributed by atoms with Gasteiger partial charge in [-0.15, -0.1) is 5.10 Å². The number of likely N-dealkylation sites (tertiary alicyclic amines) is 1. The van der Waals surface area contributed by atoms with E-state index in [0.717, 1.165) is 36.1 Å². The average Bonchev–Trinajstić information content (AvgIpc) is 3.40. The van der Waals surface area contributed by atoms with Crippen molar-refractivity contribution in [3.8, 4) is 5.69 Å². The highest BCUT2D eigenvalue weighted by Gasteiger charge is 2.19. The maximum absolute atomic E-state index is 12.4. The van der Waals surface area contributed by atoms with Crippen LogP contribution in [-0.2, 0) is 24.3 Å². The summed E-state index contributed by atoms with van der Waals surface area (Å²) in [5.74, 6) is 1.43. The third kappa shape index (κ3) is 5.29. The number of piperidine rings is 1. The van der Waals surface area contributed by atoms with E-state index in [2.05, 4.69) is 37.8 Å². The molecule has 0 radical (unpaired) electrons. The number of para-hydroxylation sites is 1. The number of carbonyl (C=O) groups is 1. The lowest BCUT2D eigenvalue weighted by atomic mass is 9.99. The van der Waals surface area contributed by atoms with Gasteiger partial charge in [0.2, 0.25) is 5.91 Å². The first kappa shape index (κ1) is 20.2. The Balaban J connectivity index is 1.23. The average molecular weight is 409 g/mol. The van der Waals surface area contributed by atoms with E-state index in [9.17, 15) is 4.79 Å². The van der Waals surface area contributed by atoms with E-state index in [-0.39, 0.29) is 12.5 Å². The van der Waals surface area contributed by atoms with E-state index < -0.39 is 0 Å². The summed E-state index contributed by atoms with van der Waals surface area (Å²) in [7, 11) is 0. The van der Waals surface area contributed by atoms with Gasteiger partial charge in [0, 0.05) is 12.7 Å². The largest absolute Gasteiger partial charge is 0.354 e. The Bertz CT molecular complexity index is 943. The Morgan fingerprint density at radius 1 is 1.20 bits per heavy atom. The molecular weight excluding hydrogens is 380 g/mol. The molecule has 158 valence electrons. The van der Waals surface area contributed by atoms with Gasteiger partial charge in [-0.25, -0.2) is 9.36 Å². The Kier molecular flexibility index (Phi) is 6.48. The quantitative estimate of drug-likeness (QED) is 0.606. The highest BCUT2D eigenvalue weighted by Crippen LogP contribution is 2.17. The lowest BCUT2D eigenvalue weighted by molar-refractivity contribution is -0.121. The Morgan fingerprint density at radius 3 is 2.80 bits per heavy atom. The van der Waals surface area contributed by atoms with Crippen LogP contribution in [0.15, 0.2) is 42.7 Å². The second kappa shape index (κ2) is 9.62. The SMILES string of the molecule is CC1CCN(Cc2nnnn2CC(=O)NCCc2cnn(-c3ccccc3)c2)CC1. The third-order valence-corrected chi connectivity index (χ3v) is 5.53. The van der Waals surface area contributed by atoms with Crippen molar-refractivity contribution < 1.29 is 4.79 Å². The summed E-state index contributed by atoms with van der Waals surface area (Å²) in [6, 6.07) is 9.96. The van der Waals surface area contributed by atoms with Gasteiger partial charge in [0.1, 0.15) is 6.54 Å². The second-order valence-corrected chi connectivity index (χ2v) is 7.94. The minimum Gasteiger partial charge on any atom is -0.354 e. The maximum Gasteiger partial charge on any atom is 0.241 e. The number of hydrogen-bond donors (Lipinski definition) is 1. The minimum absolute atomic E-state index is 0.0914. The topological polar surface area (TPSA) is 93.8 Å². The van der Waals surface area contributed by atoms with E-state index in [1.165, 1.54) is 12.8 Å². The predicted octanol–water partition coefficient (Wildman–Crippen LogP) is 1.45. The number of rotatable bonds is 8. The van der Waals surface area contributed by atoms with Crippen molar-refractivity contribution in [1.82, 2.24) is 40.2 Å². The molecule has 1 amide bonds. The van der Waals surface area contributed by atoms with Crippen molar-refractivity contribution in [2.75, 3.05) is 19.6 Å². The van der Waals surface area contributed by atoms with E-state index >= 15 is 0 Å². The second-order valence-electron chi connectivity index (χ2n) is 7.94. The van der Waals surface area contributed by atoms with Gasteiger partial charge in [-0.05, 0) is 66.4 Å². The molecule has 0 saturated carbocycles. The van der Waals surface area contributed by atoms with E-state index in [1.807, 2.05) is 47.4 Å². The molecule has 1 aromatic carbocycles. The lowest BCUT2D eigenvalue weighted by Gasteiger charge is -2.29. The molecule has 3 aromatic rings. The number of hydrogen-bond acceptors (Lipinski definition) is 6. The van der Waals surface area contributed by atoms with E-state index in [4.69, 9.17) is 0 Å². The summed E-state index contributed by atoms with van der Waals surface area (Å²) in [5, 5.41) is 19.2. The summed E-state index contributed by atoms with van der Waals surface area (Å²) in [5.41, 5.74) is 2.09. The maximum atomic E-state index is 12.4. The van der Waals surface area contributed by atoms with Crippen LogP contribution in [-0.4, -0.2) is 60.4 Å². The van der Waals surface area contributed by atoms with Crippen LogP contribution >= 0.6 is 0 Å². The van der Waals surface area contributed by atoms with Crippen LogP contribution in [0.5, 0.6) is 0 Å². The Morgan fingerprint density at radius 2 is 2.00 bits per heavy atom. The van der Waals surface area contributed by atoms with Crippen molar-refractivity contribution >= 4 is 5.91 Å². The Labute approximate surface area is 176 Å². The molecular formula is C21H28N8O. The third-order valence-electron chi connectivity index (χ3n) is 5.53. The zero-order valence-electron chi connectivity index (χ0n) is 17.3. The molecule has 0 bridgehead atoms. The van der Waals surface area contributed by atoms with Gasteiger partial charge in [-0.2, -0.15) is 5.10 Å². The van der Waals surface area contributed by atoms with Crippen LogP contribution in [0.1, 0.15) is 31.2 Å². The fourth-order valence-corrected chi connectivity index (χ4v) is 3.63. The zero-order chi connectivity index (χ0) is 20.8. The highest BCUT2D eigenvalue weighted by molar-refractivity contribution is 5.75. The standard InChI is InChI=1S/C21H28N8O/c1-17-8-11-27(12-9-17)15-20-24-25-26-29(20)16-21(30)22-10-7-18-13-23-28(14-18)19-5-3-2-4-6-19/h2-6,13-14,17H,7-12,15-16H2,1H3,(H,22,30). The fourth-order valence-electron chi connectivity index (χ4n) is 3.63. The van der Waals surface area contributed by atoms with Gasteiger partial charge < -0.3 is 5.32 Å². The number of benzene rings is 1. The molecule has 9 heteroatoms. The summed E-state index contributed by atoms with van der Waals surface area (Å²) >= 11 is 0. The molecule has 1 saturated heterocycles. The lowest BCUT2D eigenvalue weighted by Crippen LogP contribution is -2.34. The van der Waals surface area contributed by atoms with Crippen LogP contribution in [0.25, 0.3) is 5.69 Å². The number of amides is 1. The smallest absolute Gasteiger partial charge is 0.241 e. The molecule has 1 fully saturated rings. The van der Waals surface area contributed by atoms with Crippen LogP contribution in [0, 0.1) is 5.92 Å². The van der Waals surface area contributed by atoms with Gasteiger partial charge in [-0.1, -0.05) is 25.1 Å². The van der Waals surface area contributed by atoms with Gasteiger partial charge in [0.25, 0.3) is 0 Å². The van der Waals surface area contributed by atoms with Crippen molar-refractivity contribution in [2.24, 2.45) is 5.92 Å². The van der Waals surface area contributed by atoms with E-state index in [0.29, 0.717) is 19.5 Å². The van der Waals surface area contributed by atoms with Gasteiger partial charge in [-0.3, -0.25) is 9.69 Å². The molecule has 30 heavy (non-hydrogen) atoms. The van der Waals surface area contributed by atoms with Crippen LogP contribution in [0.3, 0.4) is 0 Å². The molecule has 1 N–H and O–H groups in total. The predicted molar refractivity (Wildman–Crippen MR) is 112 cm³/mol. The molecule has 1 aliphatic heterocycles. The van der Waals surface area contributed by atoms with Gasteiger partial charge in [0.05, 0.1) is 18.4 Å². The van der Waals surface area contributed by atoms with Gasteiger partial charge in [0.15, 0.2) is 5.82 Å². The molecule has 4 rings (SSSR count). The minimum atomic E-state index is -0.0914. The molecule has 1 aliphatic rings. The first-order chi connectivity index (χ1) is 14.7. The van der Waals surface area contributed by atoms with Crippen molar-refractivity contribution in [2.45, 2.75) is 39.3 Å². The molecule has 0 atom stereocenters. The van der Waals surface area contributed by atoms with Crippen molar-refractivity contribution in [3.05, 3.63) is 54.1 Å². The Hall–Kier alpha value is -3.07. The van der Waals surface area contributed by atoms with Crippen molar-refractivity contribution in [3.63, 3.8) is 0 Å². The molecule has 0 unspecified atom stereocenters. The zero-order valence-corrected chi connectivity index (χ0v) is 17.3. The van der Waals surface area contributed by atoms with Crippen LogP contribution < -0.4 is 5.32 Å². The monoisotopic (exact) mass is 408 g/mol. The summed E-state index contributed by atoms with van der Waals surface area (Å²) in [6.45, 7) is 5.76. The summed E-state index contributed by atoms with van der Waals surface area (Å²) < 4.78 is 3.44. The van der Waals surface area contributed by atoms with Crippen LogP contribution in [0.4, 0.5) is 0 Å². The number of aromatic nitrogens is 6. The number of nitrogens with zero attached hydrogens (tertiary/aromatic N) is 7. The van der Waals surface area contributed by atoms with E-state index in [1.54, 1.807) is 4.68 Å². The summed E-state index contributed by atoms with van der Waals surface area (Å²) in [4.78, 5) is 14.7. The van der Waals surface area contributed by atoms with Gasteiger partial charge >= 0.3 is 0 Å². The first-order valence-electron chi connectivity index (χ1n) is 10.5. The normalized spacial score (nSPS) is 15.4. The van der Waals surface area contributed by atoms with Crippen molar-refractivity contribution in [1.29, 1.82) is 0 Å². The molecule has 0 spiro atoms. The molecule has 9 nitrogen and oxygen atoms in total. The number of tetrazole rings is 1. The summed E-state index contributed by atoms with van der Waals surface area (Å²) in [6.07, 6.45) is 6.93. The molecule has 0 aliphatic carbocycles. The number of nitrogens with one attached hydrogen (secondary N) is 1. The highest BCUT2D eigenvalue weighted by atomic mass is 16.2. The molecule has 2 aromatic heterocycles. The first-order valence-corrected chi connectivity index (χ1v) is 10.5. The number of carbonyl (C=O) groups excluding carboxylic acids is 1.